The first-order valence-corrected chi connectivity index (χ1v) is 10.8. The van der Waals surface area contributed by atoms with Crippen LogP contribution < -0.4 is 14.2 Å². The Hall–Kier alpha value is -2.99. The van der Waals surface area contributed by atoms with Crippen molar-refractivity contribution in [2.24, 2.45) is 0 Å². The number of carbonyl (C=O) groups excluding carboxylic acids is 1. The van der Waals surface area contributed by atoms with Crippen LogP contribution in [0.1, 0.15) is 27.6 Å². The molecule has 156 valence electrons. The van der Waals surface area contributed by atoms with E-state index in [2.05, 4.69) is 6.07 Å². The van der Waals surface area contributed by atoms with Gasteiger partial charge in [0, 0.05) is 11.4 Å². The summed E-state index contributed by atoms with van der Waals surface area (Å²) in [6, 6.07) is 15.7. The van der Waals surface area contributed by atoms with Crippen molar-refractivity contribution < 1.29 is 19.0 Å². The Kier molecular flexibility index (Phi) is 5.95. The van der Waals surface area contributed by atoms with Crippen LogP contribution in [-0.2, 0) is 11.2 Å². The lowest BCUT2D eigenvalue weighted by Crippen LogP contribution is -2.42. The summed E-state index contributed by atoms with van der Waals surface area (Å²) in [6.45, 7) is 2.61. The van der Waals surface area contributed by atoms with Gasteiger partial charge in [-0.2, -0.15) is 0 Å². The molecule has 1 amide bonds. The van der Waals surface area contributed by atoms with E-state index in [4.69, 9.17) is 14.2 Å². The van der Waals surface area contributed by atoms with Crippen LogP contribution in [0.2, 0.25) is 0 Å². The van der Waals surface area contributed by atoms with E-state index < -0.39 is 0 Å². The zero-order chi connectivity index (χ0) is 21.1. The molecular formula is C24H25NO4S. The van der Waals surface area contributed by atoms with E-state index in [1.165, 1.54) is 5.56 Å². The van der Waals surface area contributed by atoms with Crippen LogP contribution in [0, 0.1) is 6.92 Å². The highest BCUT2D eigenvalue weighted by atomic mass is 32.1. The molecule has 0 spiro atoms. The number of nitrogens with zero attached hydrogens (tertiary/aromatic N) is 1. The van der Waals surface area contributed by atoms with Crippen molar-refractivity contribution in [1.29, 1.82) is 0 Å². The number of carbonyl (C=O) groups is 1. The number of amides is 1. The van der Waals surface area contributed by atoms with Crippen LogP contribution >= 0.6 is 11.3 Å². The second-order valence-electron chi connectivity index (χ2n) is 7.22. The minimum atomic E-state index is -0.165. The molecule has 1 atom stereocenters. The molecule has 6 heteroatoms. The highest BCUT2D eigenvalue weighted by Gasteiger charge is 2.34. The third-order valence-electron chi connectivity index (χ3n) is 5.45. The zero-order valence-electron chi connectivity index (χ0n) is 17.4. The predicted octanol–water partition coefficient (Wildman–Crippen LogP) is 4.63. The fourth-order valence-electron chi connectivity index (χ4n) is 3.91. The Balaban J connectivity index is 1.65. The van der Waals surface area contributed by atoms with Gasteiger partial charge in [-0.1, -0.05) is 24.3 Å². The van der Waals surface area contributed by atoms with E-state index in [-0.39, 0.29) is 18.6 Å². The summed E-state index contributed by atoms with van der Waals surface area (Å²) >= 11 is 1.65. The molecule has 5 nitrogen and oxygen atoms in total. The lowest BCUT2D eigenvalue weighted by atomic mass is 9.90. The van der Waals surface area contributed by atoms with Crippen LogP contribution in [-0.4, -0.2) is 38.2 Å². The first-order valence-electron chi connectivity index (χ1n) is 9.88. The van der Waals surface area contributed by atoms with Gasteiger partial charge >= 0.3 is 0 Å². The maximum Gasteiger partial charge on any atom is 0.261 e. The number of aryl methyl sites for hydroxylation is 1. The van der Waals surface area contributed by atoms with E-state index in [0.717, 1.165) is 28.2 Å². The van der Waals surface area contributed by atoms with E-state index in [1.807, 2.05) is 59.7 Å². The van der Waals surface area contributed by atoms with Crippen LogP contribution in [0.4, 0.5) is 0 Å². The molecule has 1 aliphatic rings. The highest BCUT2D eigenvalue weighted by Crippen LogP contribution is 2.42. The molecule has 0 aliphatic carbocycles. The number of hydrogen-bond donors (Lipinski definition) is 0. The van der Waals surface area contributed by atoms with Crippen LogP contribution in [0.5, 0.6) is 17.2 Å². The largest absolute Gasteiger partial charge is 0.493 e. The second kappa shape index (κ2) is 8.79. The summed E-state index contributed by atoms with van der Waals surface area (Å²) in [5.41, 5.74) is 3.27. The minimum absolute atomic E-state index is 0.00928. The molecule has 0 saturated heterocycles. The Morgan fingerprint density at radius 1 is 1.07 bits per heavy atom. The van der Waals surface area contributed by atoms with E-state index >= 15 is 0 Å². The number of methoxy groups -OCH3 is 2. The van der Waals surface area contributed by atoms with Crippen molar-refractivity contribution >= 4 is 17.2 Å². The van der Waals surface area contributed by atoms with Crippen molar-refractivity contribution in [3.8, 4) is 17.2 Å². The number of para-hydroxylation sites is 1. The van der Waals surface area contributed by atoms with Gasteiger partial charge in [0.25, 0.3) is 5.91 Å². The van der Waals surface area contributed by atoms with Gasteiger partial charge in [-0.25, -0.2) is 0 Å². The molecule has 0 bridgehead atoms. The van der Waals surface area contributed by atoms with Gasteiger partial charge in [-0.3, -0.25) is 4.79 Å². The number of ether oxygens (including phenoxy) is 3. The SMILES string of the molecule is COc1cc2c(cc1OC)C(c1cccs1)N(C(=O)COc1ccccc1C)CC2. The van der Waals surface area contributed by atoms with Crippen molar-refractivity contribution in [3.05, 3.63) is 75.5 Å². The monoisotopic (exact) mass is 423 g/mol. The summed E-state index contributed by atoms with van der Waals surface area (Å²) in [6.07, 6.45) is 0.758. The zero-order valence-corrected chi connectivity index (χ0v) is 18.2. The maximum atomic E-state index is 13.2. The third kappa shape index (κ3) is 3.87. The summed E-state index contributed by atoms with van der Waals surface area (Å²) in [5.74, 6) is 2.09. The molecule has 1 aliphatic heterocycles. The third-order valence-corrected chi connectivity index (χ3v) is 6.38. The van der Waals surface area contributed by atoms with Gasteiger partial charge in [-0.15, -0.1) is 11.3 Å². The van der Waals surface area contributed by atoms with Gasteiger partial charge in [-0.05, 0) is 59.7 Å². The Morgan fingerprint density at radius 3 is 2.53 bits per heavy atom. The van der Waals surface area contributed by atoms with Crippen molar-refractivity contribution in [2.75, 3.05) is 27.4 Å². The van der Waals surface area contributed by atoms with E-state index in [0.29, 0.717) is 18.0 Å². The highest BCUT2D eigenvalue weighted by molar-refractivity contribution is 7.10. The van der Waals surface area contributed by atoms with Crippen LogP contribution in [0.15, 0.2) is 53.9 Å². The van der Waals surface area contributed by atoms with Gasteiger partial charge in [0.15, 0.2) is 18.1 Å². The maximum absolute atomic E-state index is 13.2. The number of thiophene rings is 1. The molecule has 0 fully saturated rings. The minimum Gasteiger partial charge on any atom is -0.493 e. The van der Waals surface area contributed by atoms with Gasteiger partial charge in [0.1, 0.15) is 5.75 Å². The number of rotatable bonds is 6. The first-order chi connectivity index (χ1) is 14.6. The van der Waals surface area contributed by atoms with Gasteiger partial charge in [0.2, 0.25) is 0 Å². The standard InChI is InChI=1S/C24H25NO4S/c1-16-7-4-5-8-19(16)29-15-23(26)25-11-10-17-13-20(27-2)21(28-3)14-18(17)24(25)22-9-6-12-30-22/h4-9,12-14,24H,10-11,15H2,1-3H3. The molecular weight excluding hydrogens is 398 g/mol. The van der Waals surface area contributed by atoms with Gasteiger partial charge in [0.05, 0.1) is 20.3 Å². The van der Waals surface area contributed by atoms with Gasteiger partial charge < -0.3 is 19.1 Å². The molecule has 30 heavy (non-hydrogen) atoms. The normalized spacial score (nSPS) is 15.4. The fourth-order valence-corrected chi connectivity index (χ4v) is 4.76. The molecule has 0 N–H and O–H groups in total. The quantitative estimate of drug-likeness (QED) is 0.580. The molecule has 3 aromatic rings. The summed E-state index contributed by atoms with van der Waals surface area (Å²) in [5, 5.41) is 2.04. The van der Waals surface area contributed by atoms with Crippen molar-refractivity contribution in [1.82, 2.24) is 4.90 Å². The van der Waals surface area contributed by atoms with E-state index in [9.17, 15) is 4.79 Å². The smallest absolute Gasteiger partial charge is 0.261 e. The number of fused-ring (bicyclic) bond motifs is 1. The predicted molar refractivity (Wildman–Crippen MR) is 118 cm³/mol. The molecule has 0 saturated carbocycles. The van der Waals surface area contributed by atoms with Crippen molar-refractivity contribution in [2.45, 2.75) is 19.4 Å². The Bertz CT molecular complexity index is 1030. The summed E-state index contributed by atoms with van der Waals surface area (Å²) in [4.78, 5) is 16.3. The second-order valence-corrected chi connectivity index (χ2v) is 8.19. The summed E-state index contributed by atoms with van der Waals surface area (Å²) in [7, 11) is 3.27. The van der Waals surface area contributed by atoms with Crippen molar-refractivity contribution in [3.63, 3.8) is 0 Å². The molecule has 1 unspecified atom stereocenters. The molecule has 2 aromatic carbocycles. The lowest BCUT2D eigenvalue weighted by Gasteiger charge is -2.37. The summed E-state index contributed by atoms with van der Waals surface area (Å²) < 4.78 is 16.9. The van der Waals surface area contributed by atoms with E-state index in [1.54, 1.807) is 25.6 Å². The lowest BCUT2D eigenvalue weighted by molar-refractivity contribution is -0.135. The molecule has 1 aromatic heterocycles. The Labute approximate surface area is 180 Å². The number of benzene rings is 2. The molecule has 4 rings (SSSR count). The molecule has 2 heterocycles. The topological polar surface area (TPSA) is 48.0 Å². The Morgan fingerprint density at radius 2 is 1.83 bits per heavy atom. The van der Waals surface area contributed by atoms with Crippen LogP contribution in [0.3, 0.4) is 0 Å². The fraction of sp³-hybridized carbons (Fsp3) is 0.292. The average molecular weight is 424 g/mol. The number of hydrogen-bond acceptors (Lipinski definition) is 5. The molecule has 0 radical (unpaired) electrons. The first kappa shape index (κ1) is 20.3. The van der Waals surface area contributed by atoms with Crippen LogP contribution in [0.25, 0.3) is 0 Å². The average Bonchev–Trinajstić information content (AvgIpc) is 3.31.